The molecule has 2 rings (SSSR count). The van der Waals surface area contributed by atoms with Gasteiger partial charge in [0.15, 0.2) is 0 Å². The maximum Gasteiger partial charge on any atom is 0.120 e. The highest BCUT2D eigenvalue weighted by molar-refractivity contribution is 6.32. The van der Waals surface area contributed by atoms with Crippen molar-refractivity contribution in [1.82, 2.24) is 0 Å². The van der Waals surface area contributed by atoms with E-state index in [1.165, 1.54) is 0 Å². The highest BCUT2D eigenvalue weighted by Crippen LogP contribution is 2.27. The molecule has 1 heterocycles. The van der Waals surface area contributed by atoms with Crippen LogP contribution in [0.15, 0.2) is 12.1 Å². The molecule has 0 atom stereocenters. The summed E-state index contributed by atoms with van der Waals surface area (Å²) in [6.45, 7) is 5.62. The van der Waals surface area contributed by atoms with E-state index in [4.69, 9.17) is 21.1 Å². The first kappa shape index (κ1) is 11.7. The molecular weight excluding hydrogens is 224 g/mol. The Morgan fingerprint density at radius 1 is 1.19 bits per heavy atom. The second-order valence-corrected chi connectivity index (χ2v) is 4.68. The zero-order valence-electron chi connectivity index (χ0n) is 9.75. The number of benzene rings is 1. The number of aryl methyl sites for hydroxylation is 2. The second kappa shape index (κ2) is 5.07. The van der Waals surface area contributed by atoms with Crippen LogP contribution >= 0.6 is 11.6 Å². The molecule has 0 unspecified atom stereocenters. The molecule has 0 aromatic heterocycles. The quantitative estimate of drug-likeness (QED) is 0.788. The fourth-order valence-electron chi connectivity index (χ4n) is 1.96. The third-order valence-electron chi connectivity index (χ3n) is 2.88. The summed E-state index contributed by atoms with van der Waals surface area (Å²) in [4.78, 5) is 0. The van der Waals surface area contributed by atoms with Crippen molar-refractivity contribution in [2.75, 3.05) is 13.2 Å². The summed E-state index contributed by atoms with van der Waals surface area (Å²) in [5.41, 5.74) is 2.15. The summed E-state index contributed by atoms with van der Waals surface area (Å²) in [5.74, 6) is 0.923. The van der Waals surface area contributed by atoms with E-state index in [-0.39, 0.29) is 6.10 Å². The average molecular weight is 241 g/mol. The average Bonchev–Trinajstić information content (AvgIpc) is 2.27. The van der Waals surface area contributed by atoms with Gasteiger partial charge in [0.05, 0.1) is 13.2 Å². The summed E-state index contributed by atoms with van der Waals surface area (Å²) in [6.07, 6.45) is 2.23. The number of ether oxygens (including phenoxy) is 2. The molecule has 1 aliphatic heterocycles. The van der Waals surface area contributed by atoms with Crippen molar-refractivity contribution in [1.29, 1.82) is 0 Å². The van der Waals surface area contributed by atoms with Gasteiger partial charge in [-0.05, 0) is 37.1 Å². The van der Waals surface area contributed by atoms with Crippen LogP contribution in [0.5, 0.6) is 5.75 Å². The molecular formula is C13H17ClO2. The van der Waals surface area contributed by atoms with E-state index in [1.54, 1.807) is 0 Å². The number of halogens is 1. The molecule has 0 bridgehead atoms. The Kier molecular flexibility index (Phi) is 3.72. The summed E-state index contributed by atoms with van der Waals surface area (Å²) in [5, 5.41) is 0.833. The Labute approximate surface area is 102 Å². The molecule has 3 heteroatoms. The topological polar surface area (TPSA) is 18.5 Å². The van der Waals surface area contributed by atoms with Crippen molar-refractivity contribution < 1.29 is 9.47 Å². The fourth-order valence-corrected chi connectivity index (χ4v) is 2.07. The van der Waals surface area contributed by atoms with Crippen molar-refractivity contribution in [3.63, 3.8) is 0 Å². The largest absolute Gasteiger partial charge is 0.490 e. The smallest absolute Gasteiger partial charge is 0.120 e. The van der Waals surface area contributed by atoms with Gasteiger partial charge < -0.3 is 9.47 Å². The van der Waals surface area contributed by atoms with Crippen molar-refractivity contribution in [2.24, 2.45) is 0 Å². The predicted octanol–water partition coefficient (Wildman–Crippen LogP) is 3.51. The molecule has 0 aliphatic carbocycles. The van der Waals surface area contributed by atoms with Crippen LogP contribution in [0.3, 0.4) is 0 Å². The maximum atomic E-state index is 6.12. The van der Waals surface area contributed by atoms with E-state index in [2.05, 4.69) is 0 Å². The van der Waals surface area contributed by atoms with Gasteiger partial charge >= 0.3 is 0 Å². The van der Waals surface area contributed by atoms with E-state index < -0.39 is 0 Å². The molecule has 1 aliphatic rings. The zero-order chi connectivity index (χ0) is 11.5. The predicted molar refractivity (Wildman–Crippen MR) is 65.4 cm³/mol. The Bertz CT molecular complexity index is 347. The minimum Gasteiger partial charge on any atom is -0.490 e. The minimum absolute atomic E-state index is 0.286. The molecule has 0 N–H and O–H groups in total. The fraction of sp³-hybridized carbons (Fsp3) is 0.538. The van der Waals surface area contributed by atoms with Crippen LogP contribution < -0.4 is 4.74 Å². The standard InChI is InChI=1S/C13H17ClO2/c1-9-7-12(8-10(2)13(9)14)16-11-3-5-15-6-4-11/h7-8,11H,3-6H2,1-2H3. The lowest BCUT2D eigenvalue weighted by atomic mass is 10.1. The van der Waals surface area contributed by atoms with Gasteiger partial charge in [0.25, 0.3) is 0 Å². The van der Waals surface area contributed by atoms with Crippen molar-refractivity contribution in [3.8, 4) is 5.75 Å². The third-order valence-corrected chi connectivity index (χ3v) is 3.48. The van der Waals surface area contributed by atoms with Gasteiger partial charge in [0.1, 0.15) is 11.9 Å². The first-order valence-electron chi connectivity index (χ1n) is 5.68. The molecule has 1 aromatic carbocycles. The molecule has 1 saturated heterocycles. The molecule has 0 radical (unpaired) electrons. The number of rotatable bonds is 2. The van der Waals surface area contributed by atoms with E-state index in [1.807, 2.05) is 26.0 Å². The van der Waals surface area contributed by atoms with Gasteiger partial charge in [0.2, 0.25) is 0 Å². The molecule has 0 saturated carbocycles. The summed E-state index contributed by atoms with van der Waals surface area (Å²) >= 11 is 6.12. The first-order chi connectivity index (χ1) is 7.66. The maximum absolute atomic E-state index is 6.12. The van der Waals surface area contributed by atoms with Crippen LogP contribution in [0.25, 0.3) is 0 Å². The lowest BCUT2D eigenvalue weighted by molar-refractivity contribution is 0.0255. The Morgan fingerprint density at radius 3 is 2.31 bits per heavy atom. The van der Waals surface area contributed by atoms with E-state index in [9.17, 15) is 0 Å². The van der Waals surface area contributed by atoms with Crippen molar-refractivity contribution >= 4 is 11.6 Å². The molecule has 0 spiro atoms. The van der Waals surface area contributed by atoms with Crippen LogP contribution in [0, 0.1) is 13.8 Å². The minimum atomic E-state index is 0.286. The van der Waals surface area contributed by atoms with Crippen molar-refractivity contribution in [2.45, 2.75) is 32.8 Å². The van der Waals surface area contributed by atoms with Gasteiger partial charge in [0, 0.05) is 17.9 Å². The SMILES string of the molecule is Cc1cc(OC2CCOCC2)cc(C)c1Cl. The van der Waals surface area contributed by atoms with Crippen molar-refractivity contribution in [3.05, 3.63) is 28.3 Å². The lowest BCUT2D eigenvalue weighted by Crippen LogP contribution is -2.25. The highest BCUT2D eigenvalue weighted by Gasteiger charge is 2.15. The monoisotopic (exact) mass is 240 g/mol. The first-order valence-corrected chi connectivity index (χ1v) is 6.06. The third kappa shape index (κ3) is 2.69. The lowest BCUT2D eigenvalue weighted by Gasteiger charge is -2.23. The zero-order valence-corrected chi connectivity index (χ0v) is 10.5. The van der Waals surface area contributed by atoms with E-state index in [0.717, 1.165) is 48.0 Å². The van der Waals surface area contributed by atoms with Gasteiger partial charge in [-0.2, -0.15) is 0 Å². The van der Waals surface area contributed by atoms with Crippen LogP contribution in [-0.4, -0.2) is 19.3 Å². The van der Waals surface area contributed by atoms with Gasteiger partial charge in [-0.15, -0.1) is 0 Å². The molecule has 1 fully saturated rings. The van der Waals surface area contributed by atoms with Crippen LogP contribution in [-0.2, 0) is 4.74 Å². The molecule has 88 valence electrons. The normalized spacial score (nSPS) is 17.4. The molecule has 0 amide bonds. The summed E-state index contributed by atoms with van der Waals surface area (Å²) in [7, 11) is 0. The second-order valence-electron chi connectivity index (χ2n) is 4.30. The highest BCUT2D eigenvalue weighted by atomic mass is 35.5. The number of hydrogen-bond donors (Lipinski definition) is 0. The Morgan fingerprint density at radius 2 is 1.75 bits per heavy atom. The van der Waals surface area contributed by atoms with E-state index >= 15 is 0 Å². The van der Waals surface area contributed by atoms with Gasteiger partial charge in [-0.1, -0.05) is 11.6 Å². The molecule has 16 heavy (non-hydrogen) atoms. The number of hydrogen-bond acceptors (Lipinski definition) is 2. The molecule has 2 nitrogen and oxygen atoms in total. The van der Waals surface area contributed by atoms with Crippen LogP contribution in [0.4, 0.5) is 0 Å². The van der Waals surface area contributed by atoms with Crippen LogP contribution in [0.1, 0.15) is 24.0 Å². The molecule has 1 aromatic rings. The van der Waals surface area contributed by atoms with Crippen LogP contribution in [0.2, 0.25) is 5.02 Å². The van der Waals surface area contributed by atoms with Gasteiger partial charge in [-0.3, -0.25) is 0 Å². The summed E-state index contributed by atoms with van der Waals surface area (Å²) in [6, 6.07) is 4.01. The van der Waals surface area contributed by atoms with Gasteiger partial charge in [-0.25, -0.2) is 0 Å². The Hall–Kier alpha value is -0.730. The van der Waals surface area contributed by atoms with E-state index in [0.29, 0.717) is 0 Å². The summed E-state index contributed by atoms with van der Waals surface area (Å²) < 4.78 is 11.2. The Balaban J connectivity index is 2.09.